The Labute approximate surface area is 176 Å². The summed E-state index contributed by atoms with van der Waals surface area (Å²) in [7, 11) is 0. The Morgan fingerprint density at radius 1 is 0.933 bits per heavy atom. The minimum Gasteiger partial charge on any atom is -0.358 e. The number of rotatable bonds is 5. The highest BCUT2D eigenvalue weighted by Crippen LogP contribution is 2.43. The first-order chi connectivity index (χ1) is 14.3. The maximum Gasteiger partial charge on any atom is 0.408 e. The lowest BCUT2D eigenvalue weighted by atomic mass is 9.86. The van der Waals surface area contributed by atoms with E-state index in [2.05, 4.69) is 34.5 Å². The first-order valence-electron chi connectivity index (χ1n) is 10.6. The van der Waals surface area contributed by atoms with Crippen molar-refractivity contribution in [3.05, 3.63) is 71.8 Å². The summed E-state index contributed by atoms with van der Waals surface area (Å²) in [6.45, 7) is 2.52. The predicted molar refractivity (Wildman–Crippen MR) is 111 cm³/mol. The highest BCUT2D eigenvalue weighted by molar-refractivity contribution is 5.17. The lowest BCUT2D eigenvalue weighted by molar-refractivity contribution is -0.187. The molecule has 1 N–H and O–H groups in total. The van der Waals surface area contributed by atoms with Crippen molar-refractivity contribution >= 4 is 0 Å². The zero-order chi connectivity index (χ0) is 21.2. The molecule has 1 aliphatic carbocycles. The van der Waals surface area contributed by atoms with Gasteiger partial charge in [0.15, 0.2) is 0 Å². The van der Waals surface area contributed by atoms with E-state index < -0.39 is 17.4 Å². The van der Waals surface area contributed by atoms with E-state index in [0.29, 0.717) is 18.9 Å². The molecule has 2 aromatic rings. The summed E-state index contributed by atoms with van der Waals surface area (Å²) < 4.78 is 46.0. The van der Waals surface area contributed by atoms with Gasteiger partial charge in [0.1, 0.15) is 11.3 Å². The molecule has 2 aromatic carbocycles. The lowest BCUT2D eigenvalue weighted by Crippen LogP contribution is -2.59. The second-order valence-corrected chi connectivity index (χ2v) is 8.85. The van der Waals surface area contributed by atoms with Crippen molar-refractivity contribution in [1.29, 1.82) is 0 Å². The van der Waals surface area contributed by atoms with E-state index >= 15 is 0 Å². The van der Waals surface area contributed by atoms with E-state index in [0.717, 1.165) is 25.9 Å². The third-order valence-corrected chi connectivity index (χ3v) is 6.50. The topological polar surface area (TPSA) is 24.5 Å². The molecule has 1 saturated carbocycles. The molecule has 0 bridgehead atoms. The van der Waals surface area contributed by atoms with Crippen LogP contribution < -0.4 is 5.32 Å². The number of ether oxygens (including phenoxy) is 1. The molecule has 0 unspecified atom stereocenters. The maximum atomic E-state index is 13.4. The average Bonchev–Trinajstić information content (AvgIpc) is 3.07. The molecule has 0 aromatic heterocycles. The minimum absolute atomic E-state index is 0.305. The fourth-order valence-corrected chi connectivity index (χ4v) is 4.66. The number of nitrogens with zero attached hydrogens (tertiary/aromatic N) is 1. The van der Waals surface area contributed by atoms with E-state index in [1.807, 2.05) is 36.4 Å². The second kappa shape index (κ2) is 8.33. The number of benzene rings is 2. The van der Waals surface area contributed by atoms with Crippen molar-refractivity contribution in [1.82, 2.24) is 10.2 Å². The Morgan fingerprint density at radius 2 is 1.43 bits per heavy atom. The second-order valence-electron chi connectivity index (χ2n) is 8.85. The van der Waals surface area contributed by atoms with Crippen LogP contribution in [0.1, 0.15) is 43.7 Å². The third kappa shape index (κ3) is 4.56. The Morgan fingerprint density at radius 3 is 1.87 bits per heavy atom. The van der Waals surface area contributed by atoms with E-state index in [1.54, 1.807) is 0 Å². The molecule has 30 heavy (non-hydrogen) atoms. The number of hydrogen-bond donors (Lipinski definition) is 1. The molecule has 2 fully saturated rings. The molecule has 3 nitrogen and oxygen atoms in total. The molecule has 0 amide bonds. The number of alkyl halides is 3. The van der Waals surface area contributed by atoms with Gasteiger partial charge in [-0.1, -0.05) is 60.7 Å². The van der Waals surface area contributed by atoms with E-state index in [9.17, 15) is 13.2 Å². The summed E-state index contributed by atoms with van der Waals surface area (Å²) in [6.07, 6.45) is -1.53. The Kier molecular flexibility index (Phi) is 5.93. The van der Waals surface area contributed by atoms with Crippen molar-refractivity contribution < 1.29 is 17.9 Å². The summed E-state index contributed by atoms with van der Waals surface area (Å²) in [5, 5.41) is 2.82. The van der Waals surface area contributed by atoms with Gasteiger partial charge in [0.05, 0.1) is 6.61 Å². The lowest BCUT2D eigenvalue weighted by Gasteiger charge is -2.42. The van der Waals surface area contributed by atoms with Crippen LogP contribution in [-0.4, -0.2) is 35.0 Å². The van der Waals surface area contributed by atoms with Crippen LogP contribution >= 0.6 is 0 Å². The standard InChI is InChI=1S/C24H29F3N2O/c1-22(24(25,26)27)18-30-23(28-22)14-12-21(13-15-23)29(16-19-8-4-2-5-9-19)17-20-10-6-3-7-11-20/h2-11,21,28H,12-18H2,1H3/t21?,22-,23?/m1/s1. The van der Waals surface area contributed by atoms with Gasteiger partial charge in [-0.2, -0.15) is 13.2 Å². The van der Waals surface area contributed by atoms with Crippen LogP contribution in [0.4, 0.5) is 13.2 Å². The van der Waals surface area contributed by atoms with Gasteiger partial charge in [-0.3, -0.25) is 10.2 Å². The third-order valence-electron chi connectivity index (χ3n) is 6.50. The first-order valence-corrected chi connectivity index (χ1v) is 10.6. The summed E-state index contributed by atoms with van der Waals surface area (Å²) in [5.41, 5.74) is -0.332. The fourth-order valence-electron chi connectivity index (χ4n) is 4.66. The predicted octanol–water partition coefficient (Wildman–Crippen LogP) is 5.27. The molecule has 0 radical (unpaired) electrons. The molecule has 1 saturated heterocycles. The molecular weight excluding hydrogens is 389 g/mol. The molecule has 4 rings (SSSR count). The monoisotopic (exact) mass is 418 g/mol. The first kappa shape index (κ1) is 21.3. The van der Waals surface area contributed by atoms with Gasteiger partial charge in [0.2, 0.25) is 0 Å². The number of hydrogen-bond acceptors (Lipinski definition) is 3. The van der Waals surface area contributed by atoms with Crippen LogP contribution in [-0.2, 0) is 17.8 Å². The largest absolute Gasteiger partial charge is 0.408 e. The fraction of sp³-hybridized carbons (Fsp3) is 0.500. The van der Waals surface area contributed by atoms with Gasteiger partial charge >= 0.3 is 6.18 Å². The van der Waals surface area contributed by atoms with E-state index in [4.69, 9.17) is 4.74 Å². The Hall–Kier alpha value is -1.89. The maximum absolute atomic E-state index is 13.4. The average molecular weight is 419 g/mol. The zero-order valence-corrected chi connectivity index (χ0v) is 17.3. The van der Waals surface area contributed by atoms with Crippen LogP contribution in [0.3, 0.4) is 0 Å². The molecule has 6 heteroatoms. The summed E-state index contributed by atoms with van der Waals surface area (Å²) in [4.78, 5) is 2.45. The molecular formula is C24H29F3N2O. The van der Waals surface area contributed by atoms with Gasteiger partial charge in [0.25, 0.3) is 0 Å². The quantitative estimate of drug-likeness (QED) is 0.716. The molecule has 1 spiro atoms. The Bertz CT molecular complexity index is 778. The summed E-state index contributed by atoms with van der Waals surface area (Å²) >= 11 is 0. The summed E-state index contributed by atoms with van der Waals surface area (Å²) in [5.74, 6) is 0. The summed E-state index contributed by atoms with van der Waals surface area (Å²) in [6, 6.07) is 21.0. The van der Waals surface area contributed by atoms with E-state index in [-0.39, 0.29) is 6.61 Å². The zero-order valence-electron chi connectivity index (χ0n) is 17.3. The number of nitrogens with one attached hydrogen (secondary N) is 1. The van der Waals surface area contributed by atoms with Crippen LogP contribution in [0.15, 0.2) is 60.7 Å². The minimum atomic E-state index is -4.32. The van der Waals surface area contributed by atoms with Gasteiger partial charge in [0, 0.05) is 19.1 Å². The molecule has 2 aliphatic rings. The van der Waals surface area contributed by atoms with Crippen molar-refractivity contribution in [3.8, 4) is 0 Å². The van der Waals surface area contributed by atoms with Crippen LogP contribution in [0.2, 0.25) is 0 Å². The van der Waals surface area contributed by atoms with Gasteiger partial charge in [-0.15, -0.1) is 0 Å². The van der Waals surface area contributed by atoms with E-state index in [1.165, 1.54) is 18.1 Å². The van der Waals surface area contributed by atoms with Gasteiger partial charge in [-0.25, -0.2) is 0 Å². The van der Waals surface area contributed by atoms with Crippen molar-refractivity contribution in [2.45, 2.75) is 69.2 Å². The van der Waals surface area contributed by atoms with Gasteiger partial charge in [-0.05, 0) is 43.7 Å². The molecule has 1 atom stereocenters. The van der Waals surface area contributed by atoms with Crippen molar-refractivity contribution in [2.24, 2.45) is 0 Å². The Balaban J connectivity index is 1.45. The normalized spacial score (nSPS) is 29.6. The highest BCUT2D eigenvalue weighted by atomic mass is 19.4. The highest BCUT2D eigenvalue weighted by Gasteiger charge is 2.60. The van der Waals surface area contributed by atoms with Crippen molar-refractivity contribution in [2.75, 3.05) is 6.61 Å². The molecule has 1 aliphatic heterocycles. The van der Waals surface area contributed by atoms with Crippen LogP contribution in [0.5, 0.6) is 0 Å². The van der Waals surface area contributed by atoms with Gasteiger partial charge < -0.3 is 4.74 Å². The van der Waals surface area contributed by atoms with Crippen LogP contribution in [0, 0.1) is 0 Å². The number of halogens is 3. The van der Waals surface area contributed by atoms with Crippen molar-refractivity contribution in [3.63, 3.8) is 0 Å². The SMILES string of the molecule is C[C@]1(C(F)(F)F)COC2(CCC(N(Cc3ccccc3)Cc3ccccc3)CC2)N1. The molecule has 1 heterocycles. The smallest absolute Gasteiger partial charge is 0.358 e. The van der Waals surface area contributed by atoms with Crippen LogP contribution in [0.25, 0.3) is 0 Å². The molecule has 162 valence electrons.